The van der Waals surface area contributed by atoms with Gasteiger partial charge in [-0.25, -0.2) is 0 Å². The summed E-state index contributed by atoms with van der Waals surface area (Å²) in [6.07, 6.45) is 6.53. The number of aromatic hydroxyl groups is 1. The van der Waals surface area contributed by atoms with Gasteiger partial charge >= 0.3 is 0 Å². The molecule has 0 aliphatic carbocycles. The number of amides is 1. The lowest BCUT2D eigenvalue weighted by atomic mass is 10.1. The molecule has 0 aromatic heterocycles. The topological polar surface area (TPSA) is 49.3 Å². The third kappa shape index (κ3) is 3.32. The number of phenols is 1. The third-order valence-corrected chi connectivity index (χ3v) is 2.32. The quantitative estimate of drug-likeness (QED) is 0.757. The van der Waals surface area contributed by atoms with E-state index in [1.54, 1.807) is 12.1 Å². The maximum absolute atomic E-state index is 11.7. The molecule has 0 fully saturated rings. The van der Waals surface area contributed by atoms with E-state index in [4.69, 9.17) is 11.5 Å². The Balaban J connectivity index is 2.65. The van der Waals surface area contributed by atoms with E-state index < -0.39 is 0 Å². The van der Waals surface area contributed by atoms with Gasteiger partial charge in [0.1, 0.15) is 5.75 Å². The van der Waals surface area contributed by atoms with E-state index in [0.717, 1.165) is 6.42 Å². The van der Waals surface area contributed by atoms with E-state index in [2.05, 4.69) is 11.2 Å². The molecule has 2 N–H and O–H groups in total. The molecule has 0 saturated carbocycles. The molecule has 16 heavy (non-hydrogen) atoms. The van der Waals surface area contributed by atoms with Crippen LogP contribution in [0.1, 0.15) is 30.1 Å². The predicted octanol–water partition coefficient (Wildman–Crippen LogP) is 1.92. The number of benzene rings is 1. The van der Waals surface area contributed by atoms with Gasteiger partial charge in [0.25, 0.3) is 5.91 Å². The third-order valence-electron chi connectivity index (χ3n) is 2.32. The maximum Gasteiger partial charge on any atom is 0.251 e. The Morgan fingerprint density at radius 1 is 1.50 bits per heavy atom. The molecular weight excluding hydrogens is 202 g/mol. The lowest BCUT2D eigenvalue weighted by Crippen LogP contribution is -2.34. The standard InChI is InChI=1S/C13H15NO2/c1-3-5-11(4-2)14-13(16)10-6-8-12(15)9-7-10/h1,6-9,11,15H,4-5H2,2H3,(H,14,16). The van der Waals surface area contributed by atoms with Gasteiger partial charge in [-0.15, -0.1) is 12.3 Å². The summed E-state index contributed by atoms with van der Waals surface area (Å²) in [5, 5.41) is 11.9. The monoisotopic (exact) mass is 217 g/mol. The number of carbonyl (C=O) groups excluding carboxylic acids is 1. The molecule has 1 aromatic carbocycles. The van der Waals surface area contributed by atoms with Gasteiger partial charge < -0.3 is 10.4 Å². The van der Waals surface area contributed by atoms with Gasteiger partial charge in [-0.3, -0.25) is 4.79 Å². The smallest absolute Gasteiger partial charge is 0.251 e. The van der Waals surface area contributed by atoms with Gasteiger partial charge in [-0.2, -0.15) is 0 Å². The van der Waals surface area contributed by atoms with Crippen LogP contribution in [0.3, 0.4) is 0 Å². The van der Waals surface area contributed by atoms with Crippen molar-refractivity contribution in [3.8, 4) is 18.1 Å². The van der Waals surface area contributed by atoms with Crippen LogP contribution in [0.4, 0.5) is 0 Å². The van der Waals surface area contributed by atoms with Crippen LogP contribution in [0.25, 0.3) is 0 Å². The van der Waals surface area contributed by atoms with E-state index in [9.17, 15) is 4.79 Å². The number of carbonyl (C=O) groups is 1. The average Bonchev–Trinajstić information content (AvgIpc) is 2.29. The van der Waals surface area contributed by atoms with E-state index in [-0.39, 0.29) is 17.7 Å². The Labute approximate surface area is 95.5 Å². The Kier molecular flexibility index (Phi) is 4.41. The van der Waals surface area contributed by atoms with E-state index in [1.807, 2.05) is 6.92 Å². The van der Waals surface area contributed by atoms with Gasteiger partial charge in [-0.1, -0.05) is 6.92 Å². The number of hydrogen-bond donors (Lipinski definition) is 2. The second kappa shape index (κ2) is 5.82. The molecule has 1 aromatic rings. The Morgan fingerprint density at radius 3 is 2.62 bits per heavy atom. The Morgan fingerprint density at radius 2 is 2.12 bits per heavy atom. The van der Waals surface area contributed by atoms with Crippen molar-refractivity contribution in [2.45, 2.75) is 25.8 Å². The van der Waals surface area contributed by atoms with Crippen LogP contribution in [0, 0.1) is 12.3 Å². The average molecular weight is 217 g/mol. The molecule has 84 valence electrons. The highest BCUT2D eigenvalue weighted by atomic mass is 16.3. The molecule has 1 rings (SSSR count). The van der Waals surface area contributed by atoms with Gasteiger partial charge in [0.15, 0.2) is 0 Å². The number of rotatable bonds is 4. The maximum atomic E-state index is 11.7. The predicted molar refractivity (Wildman–Crippen MR) is 63.1 cm³/mol. The highest BCUT2D eigenvalue weighted by Gasteiger charge is 2.10. The van der Waals surface area contributed by atoms with Crippen molar-refractivity contribution < 1.29 is 9.90 Å². The fourth-order valence-corrected chi connectivity index (χ4v) is 1.32. The fourth-order valence-electron chi connectivity index (χ4n) is 1.32. The summed E-state index contributed by atoms with van der Waals surface area (Å²) in [5.74, 6) is 2.51. The fraction of sp³-hybridized carbons (Fsp3) is 0.308. The van der Waals surface area contributed by atoms with Gasteiger partial charge in [-0.05, 0) is 30.7 Å². The van der Waals surface area contributed by atoms with Crippen molar-refractivity contribution in [1.29, 1.82) is 0 Å². The largest absolute Gasteiger partial charge is 0.508 e. The summed E-state index contributed by atoms with van der Waals surface area (Å²) in [6.45, 7) is 1.97. The number of phenolic OH excluding ortho intramolecular Hbond substituents is 1. The zero-order chi connectivity index (χ0) is 12.0. The first kappa shape index (κ1) is 12.1. The molecule has 0 aliphatic rings. The zero-order valence-electron chi connectivity index (χ0n) is 9.23. The Hall–Kier alpha value is -1.95. The minimum atomic E-state index is -0.165. The van der Waals surface area contributed by atoms with Crippen molar-refractivity contribution in [3.05, 3.63) is 29.8 Å². The molecular formula is C13H15NO2. The van der Waals surface area contributed by atoms with Crippen LogP contribution in [0.5, 0.6) is 5.75 Å². The van der Waals surface area contributed by atoms with Crippen molar-refractivity contribution in [1.82, 2.24) is 5.32 Å². The second-order valence-electron chi connectivity index (χ2n) is 3.53. The molecule has 0 spiro atoms. The summed E-state index contributed by atoms with van der Waals surface area (Å²) in [6, 6.07) is 6.13. The van der Waals surface area contributed by atoms with Crippen LogP contribution in [-0.2, 0) is 0 Å². The zero-order valence-corrected chi connectivity index (χ0v) is 9.23. The lowest BCUT2D eigenvalue weighted by molar-refractivity contribution is 0.0936. The van der Waals surface area contributed by atoms with E-state index in [1.165, 1.54) is 12.1 Å². The molecule has 0 heterocycles. The molecule has 0 aliphatic heterocycles. The van der Waals surface area contributed by atoms with E-state index >= 15 is 0 Å². The van der Waals surface area contributed by atoms with Gasteiger partial charge in [0.05, 0.1) is 0 Å². The molecule has 0 bridgehead atoms. The first-order valence-corrected chi connectivity index (χ1v) is 5.20. The molecule has 1 amide bonds. The first-order valence-electron chi connectivity index (χ1n) is 5.20. The van der Waals surface area contributed by atoms with Crippen molar-refractivity contribution in [2.24, 2.45) is 0 Å². The molecule has 1 unspecified atom stereocenters. The van der Waals surface area contributed by atoms with Crippen molar-refractivity contribution in [3.63, 3.8) is 0 Å². The van der Waals surface area contributed by atoms with E-state index in [0.29, 0.717) is 12.0 Å². The number of hydrogen-bond acceptors (Lipinski definition) is 2. The Bertz CT molecular complexity index is 389. The van der Waals surface area contributed by atoms with Crippen molar-refractivity contribution >= 4 is 5.91 Å². The van der Waals surface area contributed by atoms with Crippen LogP contribution in [0.2, 0.25) is 0 Å². The molecule has 3 heteroatoms. The summed E-state index contributed by atoms with van der Waals surface area (Å²) >= 11 is 0. The summed E-state index contributed by atoms with van der Waals surface area (Å²) in [4.78, 5) is 11.7. The van der Waals surface area contributed by atoms with Crippen LogP contribution in [0.15, 0.2) is 24.3 Å². The molecule has 3 nitrogen and oxygen atoms in total. The normalized spacial score (nSPS) is 11.5. The molecule has 1 atom stereocenters. The van der Waals surface area contributed by atoms with Gasteiger partial charge in [0.2, 0.25) is 0 Å². The highest BCUT2D eigenvalue weighted by molar-refractivity contribution is 5.94. The minimum Gasteiger partial charge on any atom is -0.508 e. The van der Waals surface area contributed by atoms with Crippen LogP contribution in [-0.4, -0.2) is 17.1 Å². The summed E-state index contributed by atoms with van der Waals surface area (Å²) in [5.41, 5.74) is 0.522. The van der Waals surface area contributed by atoms with Crippen LogP contribution < -0.4 is 5.32 Å². The van der Waals surface area contributed by atoms with Gasteiger partial charge in [0, 0.05) is 18.0 Å². The number of terminal acetylenes is 1. The second-order valence-corrected chi connectivity index (χ2v) is 3.53. The SMILES string of the molecule is C#CCC(CC)NC(=O)c1ccc(O)cc1. The minimum absolute atomic E-state index is 0.00584. The highest BCUT2D eigenvalue weighted by Crippen LogP contribution is 2.10. The lowest BCUT2D eigenvalue weighted by Gasteiger charge is -2.14. The number of nitrogens with one attached hydrogen (secondary N) is 1. The summed E-state index contributed by atoms with van der Waals surface area (Å²) in [7, 11) is 0. The summed E-state index contributed by atoms with van der Waals surface area (Å²) < 4.78 is 0. The molecule has 0 radical (unpaired) electrons. The molecule has 0 saturated heterocycles. The van der Waals surface area contributed by atoms with Crippen LogP contribution >= 0.6 is 0 Å². The van der Waals surface area contributed by atoms with Crippen molar-refractivity contribution in [2.75, 3.05) is 0 Å². The first-order chi connectivity index (χ1) is 7.67.